The average molecular weight is 206 g/mol. The van der Waals surface area contributed by atoms with Gasteiger partial charge in [0.05, 0.1) is 32.7 Å². The Morgan fingerprint density at radius 1 is 1.36 bits per heavy atom. The van der Waals surface area contributed by atoms with Gasteiger partial charge in [0.15, 0.2) is 0 Å². The fraction of sp³-hybridized carbons (Fsp3) is 0.667. The monoisotopic (exact) mass is 206 g/mol. The minimum atomic E-state index is -0.998. The van der Waals surface area contributed by atoms with Crippen molar-refractivity contribution in [2.24, 2.45) is 5.41 Å². The summed E-state index contributed by atoms with van der Waals surface area (Å²) >= 11 is 0. The predicted molar refractivity (Wildman–Crippen MR) is 51.7 cm³/mol. The van der Waals surface area contributed by atoms with Crippen LogP contribution in [0.2, 0.25) is 0 Å². The molecule has 0 fully saturated rings. The number of hydrogen-bond acceptors (Lipinski definition) is 4. The number of carbonyl (C=O) groups is 1. The summed E-state index contributed by atoms with van der Waals surface area (Å²) in [4.78, 5) is 9.59. The molecule has 0 aliphatic rings. The van der Waals surface area contributed by atoms with E-state index >= 15 is 0 Å². The van der Waals surface area contributed by atoms with Crippen molar-refractivity contribution in [2.45, 2.75) is 13.8 Å². The number of rotatable bonds is 4. The van der Waals surface area contributed by atoms with E-state index in [1.54, 1.807) is 13.8 Å². The van der Waals surface area contributed by atoms with Crippen LogP contribution in [0.15, 0.2) is 12.3 Å². The molecular weight excluding hydrogens is 188 g/mol. The van der Waals surface area contributed by atoms with Crippen LogP contribution in [-0.2, 0) is 9.53 Å². The van der Waals surface area contributed by atoms with Crippen molar-refractivity contribution in [1.29, 1.82) is 0 Å². The molecule has 0 bridgehead atoms. The van der Waals surface area contributed by atoms with Crippen molar-refractivity contribution >= 4 is 5.97 Å². The SMILES string of the molecule is CC(C)(CO)CO.COC=CC(=O)O. The Morgan fingerprint density at radius 2 is 1.79 bits per heavy atom. The fourth-order valence-corrected chi connectivity index (χ4v) is 0.176. The third kappa shape index (κ3) is 13.5. The maximum atomic E-state index is 9.59. The zero-order valence-electron chi connectivity index (χ0n) is 8.73. The smallest absolute Gasteiger partial charge is 0.331 e. The highest BCUT2D eigenvalue weighted by molar-refractivity contribution is 5.79. The lowest BCUT2D eigenvalue weighted by Gasteiger charge is -2.16. The van der Waals surface area contributed by atoms with E-state index in [9.17, 15) is 4.79 Å². The van der Waals surface area contributed by atoms with Gasteiger partial charge in [-0.25, -0.2) is 4.79 Å². The topological polar surface area (TPSA) is 87.0 Å². The maximum absolute atomic E-state index is 9.59. The van der Waals surface area contributed by atoms with E-state index in [-0.39, 0.29) is 18.6 Å². The highest BCUT2D eigenvalue weighted by Gasteiger charge is 2.13. The Kier molecular flexibility index (Phi) is 9.38. The third-order valence-electron chi connectivity index (χ3n) is 1.20. The summed E-state index contributed by atoms with van der Waals surface area (Å²) in [5.41, 5.74) is -0.306. The van der Waals surface area contributed by atoms with Crippen molar-refractivity contribution in [3.05, 3.63) is 12.3 Å². The lowest BCUT2D eigenvalue weighted by Crippen LogP contribution is -2.20. The molecule has 0 aromatic heterocycles. The first-order chi connectivity index (χ1) is 6.39. The van der Waals surface area contributed by atoms with Gasteiger partial charge in [-0.15, -0.1) is 0 Å². The number of carboxylic acid groups (broad SMARTS) is 1. The minimum Gasteiger partial charge on any atom is -0.504 e. The molecule has 0 spiro atoms. The zero-order valence-corrected chi connectivity index (χ0v) is 8.73. The highest BCUT2D eigenvalue weighted by atomic mass is 16.5. The molecule has 0 amide bonds. The number of carboxylic acids is 1. The van der Waals surface area contributed by atoms with E-state index in [4.69, 9.17) is 15.3 Å². The van der Waals surface area contributed by atoms with Crippen molar-refractivity contribution in [3.8, 4) is 0 Å². The van der Waals surface area contributed by atoms with Crippen molar-refractivity contribution in [2.75, 3.05) is 20.3 Å². The van der Waals surface area contributed by atoms with Gasteiger partial charge in [0.25, 0.3) is 0 Å². The van der Waals surface area contributed by atoms with Gasteiger partial charge < -0.3 is 20.1 Å². The van der Waals surface area contributed by atoms with Gasteiger partial charge in [0, 0.05) is 5.41 Å². The van der Waals surface area contributed by atoms with Crippen LogP contribution in [0.25, 0.3) is 0 Å². The first-order valence-corrected chi connectivity index (χ1v) is 4.03. The molecule has 0 unspecified atom stereocenters. The van der Waals surface area contributed by atoms with Crippen LogP contribution in [-0.4, -0.2) is 41.6 Å². The molecule has 0 aromatic rings. The van der Waals surface area contributed by atoms with Crippen molar-refractivity contribution in [1.82, 2.24) is 0 Å². The lowest BCUT2D eigenvalue weighted by molar-refractivity contribution is -0.131. The van der Waals surface area contributed by atoms with E-state index in [1.807, 2.05) is 0 Å². The molecule has 3 N–H and O–H groups in total. The van der Waals surface area contributed by atoms with Gasteiger partial charge in [-0.3, -0.25) is 0 Å². The van der Waals surface area contributed by atoms with Gasteiger partial charge >= 0.3 is 5.97 Å². The third-order valence-corrected chi connectivity index (χ3v) is 1.20. The van der Waals surface area contributed by atoms with Crippen LogP contribution in [0, 0.1) is 5.41 Å². The van der Waals surface area contributed by atoms with Gasteiger partial charge in [-0.1, -0.05) is 13.8 Å². The Labute approximate surface area is 83.6 Å². The first-order valence-electron chi connectivity index (χ1n) is 4.03. The van der Waals surface area contributed by atoms with Gasteiger partial charge in [0.2, 0.25) is 0 Å². The van der Waals surface area contributed by atoms with Crippen molar-refractivity contribution < 1.29 is 24.9 Å². The van der Waals surface area contributed by atoms with E-state index in [2.05, 4.69) is 4.74 Å². The molecule has 5 nitrogen and oxygen atoms in total. The molecule has 0 saturated carbocycles. The number of aliphatic hydroxyl groups excluding tert-OH is 2. The minimum absolute atomic E-state index is 0.0451. The number of aliphatic hydroxyl groups is 2. The summed E-state index contributed by atoms with van der Waals surface area (Å²) in [6.45, 7) is 3.69. The van der Waals surface area contributed by atoms with Gasteiger partial charge in [-0.05, 0) is 0 Å². The van der Waals surface area contributed by atoms with Crippen LogP contribution in [0.5, 0.6) is 0 Å². The lowest BCUT2D eigenvalue weighted by atomic mass is 9.97. The molecule has 0 rings (SSSR count). The number of hydrogen-bond donors (Lipinski definition) is 3. The number of methoxy groups -OCH3 is 1. The molecule has 0 heterocycles. The standard InChI is InChI=1S/C5H12O2.C4H6O3/c1-5(2,3-6)4-7;1-7-3-2-4(5)6/h6-7H,3-4H2,1-2H3;2-3H,1H3,(H,5,6). The van der Waals surface area contributed by atoms with Crippen LogP contribution >= 0.6 is 0 Å². The average Bonchev–Trinajstić information content (AvgIpc) is 2.15. The van der Waals surface area contributed by atoms with Crippen molar-refractivity contribution in [3.63, 3.8) is 0 Å². The number of aliphatic carboxylic acids is 1. The van der Waals surface area contributed by atoms with Gasteiger partial charge in [-0.2, -0.15) is 0 Å². The second-order valence-corrected chi connectivity index (χ2v) is 3.36. The molecule has 0 saturated heterocycles. The summed E-state index contributed by atoms with van der Waals surface area (Å²) in [5, 5.41) is 24.7. The summed E-state index contributed by atoms with van der Waals surface area (Å²) in [7, 11) is 1.39. The predicted octanol–water partition coefficient (Wildman–Crippen LogP) is 0.228. The molecule has 0 atom stereocenters. The summed E-state index contributed by atoms with van der Waals surface area (Å²) in [6, 6.07) is 0. The van der Waals surface area contributed by atoms with Crippen LogP contribution in [0.4, 0.5) is 0 Å². The summed E-state index contributed by atoms with van der Waals surface area (Å²) in [6.07, 6.45) is 2.02. The normalized spacial score (nSPS) is 10.6. The number of ether oxygens (including phenoxy) is 1. The molecule has 0 aliphatic heterocycles. The molecule has 5 heteroatoms. The second-order valence-electron chi connectivity index (χ2n) is 3.36. The molecule has 0 aromatic carbocycles. The van der Waals surface area contributed by atoms with Gasteiger partial charge in [0.1, 0.15) is 0 Å². The quantitative estimate of drug-likeness (QED) is 0.452. The van der Waals surface area contributed by atoms with E-state index < -0.39 is 5.97 Å². The molecule has 84 valence electrons. The van der Waals surface area contributed by atoms with E-state index in [1.165, 1.54) is 7.11 Å². The second kappa shape index (κ2) is 8.52. The Balaban J connectivity index is 0. The molecule has 0 radical (unpaired) electrons. The Hall–Kier alpha value is -1.07. The summed E-state index contributed by atoms with van der Waals surface area (Å²) in [5.74, 6) is -0.998. The van der Waals surface area contributed by atoms with Crippen LogP contribution in [0.3, 0.4) is 0 Å². The van der Waals surface area contributed by atoms with Crippen LogP contribution in [0.1, 0.15) is 13.8 Å². The molecule has 0 aliphatic carbocycles. The molecule has 14 heavy (non-hydrogen) atoms. The first kappa shape index (κ1) is 15.4. The zero-order chi connectivity index (χ0) is 11.6. The van der Waals surface area contributed by atoms with E-state index in [0.29, 0.717) is 0 Å². The maximum Gasteiger partial charge on any atom is 0.331 e. The fourth-order valence-electron chi connectivity index (χ4n) is 0.176. The highest BCUT2D eigenvalue weighted by Crippen LogP contribution is 2.10. The van der Waals surface area contributed by atoms with Crippen LogP contribution < -0.4 is 0 Å². The summed E-state index contributed by atoms with van der Waals surface area (Å²) < 4.78 is 4.29. The Bertz CT molecular complexity index is 168. The Morgan fingerprint density at radius 3 is 1.86 bits per heavy atom. The largest absolute Gasteiger partial charge is 0.504 e. The molecular formula is C9H18O5. The van der Waals surface area contributed by atoms with E-state index in [0.717, 1.165) is 12.3 Å².